The molecule has 0 aliphatic heterocycles. The van der Waals surface area contributed by atoms with Gasteiger partial charge >= 0.3 is 0 Å². The van der Waals surface area contributed by atoms with Crippen LogP contribution in [0.3, 0.4) is 0 Å². The molecule has 0 bridgehead atoms. The Labute approximate surface area is 113 Å². The van der Waals surface area contributed by atoms with E-state index in [9.17, 15) is 0 Å². The summed E-state index contributed by atoms with van der Waals surface area (Å²) in [6.45, 7) is 3.73. The number of halogens is 1. The first-order chi connectivity index (χ1) is 8.26. The normalized spacial score (nSPS) is 12.6. The summed E-state index contributed by atoms with van der Waals surface area (Å²) in [5, 5.41) is 4.05. The van der Waals surface area contributed by atoms with Crippen LogP contribution in [0.15, 0.2) is 29.2 Å². The van der Waals surface area contributed by atoms with Gasteiger partial charge in [-0.3, -0.25) is 0 Å². The molecule has 1 aromatic carbocycles. The second-order valence-electron chi connectivity index (χ2n) is 3.83. The van der Waals surface area contributed by atoms with Crippen LogP contribution in [-0.4, -0.2) is 32.1 Å². The highest BCUT2D eigenvalue weighted by molar-refractivity contribution is 7.99. The summed E-state index contributed by atoms with van der Waals surface area (Å²) in [4.78, 5) is 1.24. The summed E-state index contributed by atoms with van der Waals surface area (Å²) < 4.78 is 5.55. The Hall–Kier alpha value is -0.220. The van der Waals surface area contributed by atoms with Gasteiger partial charge in [0.2, 0.25) is 0 Å². The highest BCUT2D eigenvalue weighted by Gasteiger charge is 2.06. The predicted molar refractivity (Wildman–Crippen MR) is 76.1 cm³/mol. The fourth-order valence-corrected chi connectivity index (χ4v) is 2.42. The second-order valence-corrected chi connectivity index (χ2v) is 5.36. The third kappa shape index (κ3) is 6.32. The first kappa shape index (κ1) is 14.8. The van der Waals surface area contributed by atoms with Crippen LogP contribution in [0.2, 0.25) is 5.02 Å². The smallest absolute Gasteiger partial charge is 0.0627 e. The minimum Gasteiger partial charge on any atom is -0.380 e. The van der Waals surface area contributed by atoms with E-state index < -0.39 is 0 Å². The van der Waals surface area contributed by atoms with Gasteiger partial charge in [0.1, 0.15) is 0 Å². The Balaban J connectivity index is 2.29. The minimum absolute atomic E-state index is 0.391. The van der Waals surface area contributed by atoms with Gasteiger partial charge in [-0.05, 0) is 37.7 Å². The molecule has 0 heterocycles. The van der Waals surface area contributed by atoms with Crippen molar-refractivity contribution in [3.05, 3.63) is 29.3 Å². The number of nitrogens with one attached hydrogen (secondary N) is 1. The average Bonchev–Trinajstić information content (AvgIpc) is 2.35. The summed E-state index contributed by atoms with van der Waals surface area (Å²) in [7, 11) is 1.97. The van der Waals surface area contributed by atoms with E-state index in [0.717, 1.165) is 30.4 Å². The molecule has 1 unspecified atom stereocenters. The molecule has 0 saturated carbocycles. The molecule has 0 radical (unpaired) electrons. The quantitative estimate of drug-likeness (QED) is 0.579. The molecule has 0 aliphatic rings. The van der Waals surface area contributed by atoms with Crippen molar-refractivity contribution in [2.75, 3.05) is 26.0 Å². The fraction of sp³-hybridized carbons (Fsp3) is 0.538. The molecule has 96 valence electrons. The first-order valence-electron chi connectivity index (χ1n) is 5.89. The lowest BCUT2D eigenvalue weighted by Crippen LogP contribution is -2.32. The number of thioether (sulfide) groups is 1. The van der Waals surface area contributed by atoms with Crippen LogP contribution in [0, 0.1) is 0 Å². The number of benzene rings is 1. The van der Waals surface area contributed by atoms with Gasteiger partial charge in [0.25, 0.3) is 0 Å². The van der Waals surface area contributed by atoms with Crippen molar-refractivity contribution in [2.45, 2.75) is 24.3 Å². The number of ether oxygens (including phenoxy) is 1. The van der Waals surface area contributed by atoms with Crippen LogP contribution in [0.1, 0.15) is 13.3 Å². The van der Waals surface area contributed by atoms with Crippen LogP contribution in [-0.2, 0) is 4.74 Å². The minimum atomic E-state index is 0.391. The Bertz CT molecular complexity index is 305. The lowest BCUT2D eigenvalue weighted by molar-refractivity contribution is 0.119. The lowest BCUT2D eigenvalue weighted by atomic mass is 10.4. The Morgan fingerprint density at radius 2 is 2.06 bits per heavy atom. The molecule has 0 aliphatic carbocycles. The highest BCUT2D eigenvalue weighted by atomic mass is 35.5. The molecule has 1 atom stereocenters. The molecule has 2 nitrogen and oxygen atoms in total. The number of likely N-dealkylation sites (N-methyl/N-ethyl adjacent to an activating group) is 1. The van der Waals surface area contributed by atoms with Crippen LogP contribution in [0.5, 0.6) is 0 Å². The molecule has 0 spiro atoms. The van der Waals surface area contributed by atoms with E-state index in [4.69, 9.17) is 16.3 Å². The van der Waals surface area contributed by atoms with E-state index in [1.165, 1.54) is 4.90 Å². The average molecular weight is 274 g/mol. The second kappa shape index (κ2) is 8.81. The zero-order chi connectivity index (χ0) is 12.5. The van der Waals surface area contributed by atoms with Crippen molar-refractivity contribution in [3.63, 3.8) is 0 Å². The molecule has 1 aromatic rings. The summed E-state index contributed by atoms with van der Waals surface area (Å²) >= 11 is 7.66. The van der Waals surface area contributed by atoms with Crippen LogP contribution < -0.4 is 5.32 Å². The first-order valence-corrected chi connectivity index (χ1v) is 7.26. The molecular weight excluding hydrogens is 254 g/mol. The Kier molecular flexibility index (Phi) is 7.69. The molecule has 17 heavy (non-hydrogen) atoms. The van der Waals surface area contributed by atoms with Gasteiger partial charge in [0, 0.05) is 28.3 Å². The third-order valence-electron chi connectivity index (χ3n) is 2.34. The van der Waals surface area contributed by atoms with Gasteiger partial charge in [-0.15, -0.1) is 11.8 Å². The number of hydrogen-bond acceptors (Lipinski definition) is 3. The van der Waals surface area contributed by atoms with Crippen molar-refractivity contribution in [2.24, 2.45) is 0 Å². The van der Waals surface area contributed by atoms with Crippen molar-refractivity contribution >= 4 is 23.4 Å². The van der Waals surface area contributed by atoms with Gasteiger partial charge in [0.05, 0.1) is 6.61 Å². The summed E-state index contributed by atoms with van der Waals surface area (Å²) in [5.41, 5.74) is 0. The largest absolute Gasteiger partial charge is 0.380 e. The molecule has 1 N–H and O–H groups in total. The Morgan fingerprint density at radius 1 is 1.35 bits per heavy atom. The van der Waals surface area contributed by atoms with E-state index >= 15 is 0 Å². The van der Waals surface area contributed by atoms with E-state index in [-0.39, 0.29) is 0 Å². The molecule has 0 fully saturated rings. The lowest BCUT2D eigenvalue weighted by Gasteiger charge is -2.15. The van der Waals surface area contributed by atoms with Gasteiger partial charge in [0.15, 0.2) is 0 Å². The number of hydrogen-bond donors (Lipinski definition) is 1. The molecule has 0 saturated heterocycles. The molecular formula is C13H20ClNOS. The van der Waals surface area contributed by atoms with E-state index in [2.05, 4.69) is 12.2 Å². The molecule has 0 aromatic heterocycles. The monoisotopic (exact) mass is 273 g/mol. The number of rotatable bonds is 8. The van der Waals surface area contributed by atoms with Crippen LogP contribution >= 0.6 is 23.4 Å². The van der Waals surface area contributed by atoms with Crippen LogP contribution in [0.4, 0.5) is 0 Å². The summed E-state index contributed by atoms with van der Waals surface area (Å²) in [5.74, 6) is 1.00. The topological polar surface area (TPSA) is 21.3 Å². The van der Waals surface area contributed by atoms with Crippen molar-refractivity contribution < 1.29 is 4.74 Å². The van der Waals surface area contributed by atoms with Crippen molar-refractivity contribution in [1.82, 2.24) is 5.32 Å². The molecule has 0 amide bonds. The van der Waals surface area contributed by atoms with Gasteiger partial charge < -0.3 is 10.1 Å². The SMILES string of the molecule is CCCOCC(CSc1ccc(Cl)cc1)NC. The maximum absolute atomic E-state index is 5.84. The van der Waals surface area contributed by atoms with E-state index in [1.54, 1.807) is 0 Å². The maximum Gasteiger partial charge on any atom is 0.0627 e. The Morgan fingerprint density at radius 3 is 2.65 bits per heavy atom. The molecule has 4 heteroatoms. The summed E-state index contributed by atoms with van der Waals surface area (Å²) in [6, 6.07) is 8.33. The van der Waals surface area contributed by atoms with E-state index in [0.29, 0.717) is 6.04 Å². The van der Waals surface area contributed by atoms with Gasteiger partial charge in [-0.1, -0.05) is 18.5 Å². The fourth-order valence-electron chi connectivity index (χ4n) is 1.31. The standard InChI is InChI=1S/C13H20ClNOS/c1-3-8-16-9-12(15-2)10-17-13-6-4-11(14)5-7-13/h4-7,12,15H,3,8-10H2,1-2H3. The predicted octanol–water partition coefficient (Wildman–Crippen LogP) is 3.45. The molecule has 1 rings (SSSR count). The maximum atomic E-state index is 5.84. The zero-order valence-corrected chi connectivity index (χ0v) is 12.0. The third-order valence-corrected chi connectivity index (χ3v) is 3.77. The van der Waals surface area contributed by atoms with Crippen LogP contribution in [0.25, 0.3) is 0 Å². The van der Waals surface area contributed by atoms with Crippen molar-refractivity contribution in [1.29, 1.82) is 0 Å². The van der Waals surface area contributed by atoms with E-state index in [1.807, 2.05) is 43.1 Å². The van der Waals surface area contributed by atoms with Gasteiger partial charge in [-0.2, -0.15) is 0 Å². The van der Waals surface area contributed by atoms with Gasteiger partial charge in [-0.25, -0.2) is 0 Å². The zero-order valence-electron chi connectivity index (χ0n) is 10.4. The summed E-state index contributed by atoms with van der Waals surface area (Å²) in [6.07, 6.45) is 1.07. The highest BCUT2D eigenvalue weighted by Crippen LogP contribution is 2.20. The van der Waals surface area contributed by atoms with Crippen molar-refractivity contribution in [3.8, 4) is 0 Å².